The molecule has 4 heteroatoms. The Bertz CT molecular complexity index is 953. The van der Waals surface area contributed by atoms with Crippen LogP contribution in [0.1, 0.15) is 56.6 Å². The average molecular weight is 417 g/mol. The number of nitrogens with two attached hydrogens (primary N) is 1. The molecular formula is C27H36N4. The Balaban J connectivity index is 1.38. The Labute approximate surface area is 186 Å². The van der Waals surface area contributed by atoms with Crippen molar-refractivity contribution in [3.63, 3.8) is 0 Å². The lowest BCUT2D eigenvalue weighted by molar-refractivity contribution is 0.112. The van der Waals surface area contributed by atoms with Gasteiger partial charge in [-0.15, -0.1) is 0 Å². The molecule has 4 rings (SSSR count). The van der Waals surface area contributed by atoms with Gasteiger partial charge in [-0.05, 0) is 91.7 Å². The molecular weight excluding hydrogens is 380 g/mol. The summed E-state index contributed by atoms with van der Waals surface area (Å²) in [6.45, 7) is 4.40. The van der Waals surface area contributed by atoms with E-state index in [9.17, 15) is 0 Å². The molecule has 0 aromatic heterocycles. The van der Waals surface area contributed by atoms with Crippen molar-refractivity contribution in [3.8, 4) is 0 Å². The van der Waals surface area contributed by atoms with Crippen LogP contribution in [-0.4, -0.2) is 42.0 Å². The molecule has 31 heavy (non-hydrogen) atoms. The zero-order valence-electron chi connectivity index (χ0n) is 18.8. The Morgan fingerprint density at radius 3 is 2.65 bits per heavy atom. The number of likely N-dealkylation sites (tertiary alicyclic amines) is 1. The summed E-state index contributed by atoms with van der Waals surface area (Å²) in [6, 6.07) is 14.4. The first-order valence-electron chi connectivity index (χ1n) is 11.9. The highest BCUT2D eigenvalue weighted by Gasteiger charge is 2.31. The minimum atomic E-state index is 0.339. The van der Waals surface area contributed by atoms with Gasteiger partial charge in [0, 0.05) is 30.4 Å². The van der Waals surface area contributed by atoms with E-state index in [-0.39, 0.29) is 0 Å². The molecule has 1 saturated heterocycles. The third kappa shape index (κ3) is 5.24. The third-order valence-electron chi connectivity index (χ3n) is 7.16. The van der Waals surface area contributed by atoms with Crippen molar-refractivity contribution in [1.82, 2.24) is 4.90 Å². The first kappa shape index (κ1) is 21.8. The molecule has 1 atom stereocenters. The number of nitrogens with zero attached hydrogens (tertiary/aromatic N) is 2. The van der Waals surface area contributed by atoms with E-state index in [0.717, 1.165) is 43.5 Å². The van der Waals surface area contributed by atoms with Gasteiger partial charge in [0.25, 0.3) is 0 Å². The Hall–Kier alpha value is -2.46. The maximum absolute atomic E-state index is 8.95. The summed E-state index contributed by atoms with van der Waals surface area (Å²) < 4.78 is 0. The van der Waals surface area contributed by atoms with Crippen LogP contribution in [0.3, 0.4) is 0 Å². The molecule has 2 aliphatic rings. The zero-order chi connectivity index (χ0) is 21.6. The van der Waals surface area contributed by atoms with Crippen LogP contribution in [0, 0.1) is 11.3 Å². The van der Waals surface area contributed by atoms with Gasteiger partial charge in [0.1, 0.15) is 0 Å². The van der Waals surface area contributed by atoms with E-state index in [1.807, 2.05) is 12.3 Å². The van der Waals surface area contributed by atoms with Gasteiger partial charge >= 0.3 is 0 Å². The van der Waals surface area contributed by atoms with E-state index in [0.29, 0.717) is 18.0 Å². The molecule has 164 valence electrons. The van der Waals surface area contributed by atoms with E-state index in [2.05, 4.69) is 53.2 Å². The zero-order valence-corrected chi connectivity index (χ0v) is 18.8. The summed E-state index contributed by atoms with van der Waals surface area (Å²) in [7, 11) is 0. The summed E-state index contributed by atoms with van der Waals surface area (Å²) in [5, 5.41) is 11.5. The molecule has 1 unspecified atom stereocenters. The number of hydrogen-bond acceptors (Lipinski definition) is 4. The minimum absolute atomic E-state index is 0.339. The van der Waals surface area contributed by atoms with Gasteiger partial charge in [-0.25, -0.2) is 0 Å². The SMILES string of the molecule is CCc1ccc2cc(C(=N)C3CCCN(C4CCC(N=C/C=C\N)CC4)C3)ccc2c1. The van der Waals surface area contributed by atoms with Crippen molar-refractivity contribution in [2.75, 3.05) is 13.1 Å². The largest absolute Gasteiger partial charge is 0.405 e. The highest BCUT2D eigenvalue weighted by Crippen LogP contribution is 2.30. The second kappa shape index (κ2) is 10.2. The van der Waals surface area contributed by atoms with Crippen LogP contribution < -0.4 is 5.73 Å². The first-order chi connectivity index (χ1) is 15.2. The topological polar surface area (TPSA) is 65.5 Å². The number of aliphatic imine (C=N–C) groups is 1. The number of fused-ring (bicyclic) bond motifs is 1. The second-order valence-corrected chi connectivity index (χ2v) is 9.14. The molecule has 0 radical (unpaired) electrons. The fourth-order valence-electron chi connectivity index (χ4n) is 5.29. The Morgan fingerprint density at radius 1 is 1.10 bits per heavy atom. The molecule has 0 amide bonds. The summed E-state index contributed by atoms with van der Waals surface area (Å²) in [4.78, 5) is 7.29. The quantitative estimate of drug-likeness (QED) is 0.625. The van der Waals surface area contributed by atoms with Gasteiger partial charge < -0.3 is 11.1 Å². The molecule has 3 N–H and O–H groups in total. The summed E-state index contributed by atoms with van der Waals surface area (Å²) in [6.07, 6.45) is 13.3. The van der Waals surface area contributed by atoms with Gasteiger partial charge in [0.05, 0.1) is 6.04 Å². The van der Waals surface area contributed by atoms with Crippen LogP contribution in [0.25, 0.3) is 10.8 Å². The van der Waals surface area contributed by atoms with E-state index in [4.69, 9.17) is 11.1 Å². The minimum Gasteiger partial charge on any atom is -0.405 e. The molecule has 1 saturated carbocycles. The van der Waals surface area contributed by atoms with Crippen molar-refractivity contribution >= 4 is 22.7 Å². The highest BCUT2D eigenvalue weighted by molar-refractivity contribution is 6.03. The number of aryl methyl sites for hydroxylation is 1. The molecule has 4 nitrogen and oxygen atoms in total. The maximum Gasteiger partial charge on any atom is 0.0500 e. The van der Waals surface area contributed by atoms with Gasteiger partial charge in [0.15, 0.2) is 0 Å². The van der Waals surface area contributed by atoms with Crippen LogP contribution in [-0.2, 0) is 6.42 Å². The predicted molar refractivity (Wildman–Crippen MR) is 132 cm³/mol. The van der Waals surface area contributed by atoms with Gasteiger partial charge in [0.2, 0.25) is 0 Å². The molecule has 2 fully saturated rings. The van der Waals surface area contributed by atoms with Crippen molar-refractivity contribution in [3.05, 3.63) is 59.8 Å². The van der Waals surface area contributed by atoms with Crippen LogP contribution in [0.2, 0.25) is 0 Å². The Morgan fingerprint density at radius 2 is 1.87 bits per heavy atom. The van der Waals surface area contributed by atoms with E-state index in [1.54, 1.807) is 0 Å². The van der Waals surface area contributed by atoms with Gasteiger partial charge in [-0.2, -0.15) is 0 Å². The molecule has 1 aliphatic heterocycles. The number of rotatable bonds is 6. The number of nitrogens with one attached hydrogen (secondary N) is 1. The van der Waals surface area contributed by atoms with Crippen molar-refractivity contribution < 1.29 is 0 Å². The van der Waals surface area contributed by atoms with Crippen molar-refractivity contribution in [1.29, 1.82) is 5.41 Å². The van der Waals surface area contributed by atoms with E-state index < -0.39 is 0 Å². The molecule has 0 bridgehead atoms. The van der Waals surface area contributed by atoms with Gasteiger partial charge in [-0.1, -0.05) is 37.3 Å². The summed E-state index contributed by atoms with van der Waals surface area (Å²) in [5.74, 6) is 0.339. The standard InChI is InChI=1S/C27H36N4/c1-2-20-6-7-22-18-23(9-8-21(22)17-20)27(29)24-5-3-16-31(19-24)26-12-10-25(11-13-26)30-15-4-14-28/h4,6-9,14-15,17-18,24-26,29H,2-3,5,10-13,16,19,28H2,1H3/b14-4-,29-27?,30-15?. The lowest BCUT2D eigenvalue weighted by atomic mass is 9.85. The van der Waals surface area contributed by atoms with Crippen LogP contribution in [0.5, 0.6) is 0 Å². The number of benzene rings is 2. The number of piperidine rings is 1. The smallest absolute Gasteiger partial charge is 0.0500 e. The van der Waals surface area contributed by atoms with Crippen LogP contribution >= 0.6 is 0 Å². The van der Waals surface area contributed by atoms with Crippen molar-refractivity contribution in [2.45, 2.75) is 64.0 Å². The fourth-order valence-corrected chi connectivity index (χ4v) is 5.29. The molecule has 2 aromatic carbocycles. The molecule has 1 aliphatic carbocycles. The summed E-state index contributed by atoms with van der Waals surface area (Å²) >= 11 is 0. The monoisotopic (exact) mass is 416 g/mol. The number of allylic oxidation sites excluding steroid dienone is 1. The lowest BCUT2D eigenvalue weighted by Gasteiger charge is -2.41. The van der Waals surface area contributed by atoms with Crippen LogP contribution in [0.15, 0.2) is 53.7 Å². The number of hydrogen-bond donors (Lipinski definition) is 2. The molecule has 2 aromatic rings. The first-order valence-corrected chi connectivity index (χ1v) is 11.9. The Kier molecular flexibility index (Phi) is 7.18. The fraction of sp³-hybridized carbons (Fsp3) is 0.481. The predicted octanol–water partition coefficient (Wildman–Crippen LogP) is 5.34. The average Bonchev–Trinajstić information content (AvgIpc) is 2.83. The van der Waals surface area contributed by atoms with Crippen LogP contribution in [0.4, 0.5) is 0 Å². The lowest BCUT2D eigenvalue weighted by Crippen LogP contribution is -2.46. The van der Waals surface area contributed by atoms with E-state index >= 15 is 0 Å². The second-order valence-electron chi connectivity index (χ2n) is 9.14. The molecule has 0 spiro atoms. The third-order valence-corrected chi connectivity index (χ3v) is 7.16. The normalized spacial score (nSPS) is 25.5. The van der Waals surface area contributed by atoms with Crippen molar-refractivity contribution in [2.24, 2.45) is 16.6 Å². The van der Waals surface area contributed by atoms with E-state index in [1.165, 1.54) is 48.3 Å². The van der Waals surface area contributed by atoms with Gasteiger partial charge in [-0.3, -0.25) is 9.89 Å². The highest BCUT2D eigenvalue weighted by atomic mass is 15.2. The summed E-state index contributed by atoms with van der Waals surface area (Å²) in [5.41, 5.74) is 8.67. The maximum atomic E-state index is 8.95. The molecule has 1 heterocycles.